The predicted octanol–water partition coefficient (Wildman–Crippen LogP) is 4.32. The van der Waals surface area contributed by atoms with Crippen LogP contribution in [0.5, 0.6) is 0 Å². The predicted molar refractivity (Wildman–Crippen MR) is 79.9 cm³/mol. The molecule has 2 aromatic carbocycles. The van der Waals surface area contributed by atoms with Gasteiger partial charge in [0.05, 0.1) is 28.0 Å². The number of hydrogen-bond acceptors (Lipinski definition) is 2. The summed E-state index contributed by atoms with van der Waals surface area (Å²) < 4.78 is 26.1. The maximum absolute atomic E-state index is 13.4. The van der Waals surface area contributed by atoms with E-state index >= 15 is 0 Å². The Hall–Kier alpha value is -1.85. The molecule has 0 unspecified atom stereocenters. The molecule has 0 aromatic heterocycles. The Morgan fingerprint density at radius 1 is 1.10 bits per heavy atom. The zero-order valence-electron chi connectivity index (χ0n) is 10.6. The summed E-state index contributed by atoms with van der Waals surface area (Å²) in [6, 6.07) is 7.79. The van der Waals surface area contributed by atoms with Gasteiger partial charge >= 0.3 is 0 Å². The summed E-state index contributed by atoms with van der Waals surface area (Å²) in [6.45, 7) is -0.166. The molecule has 0 spiro atoms. The number of para-hydroxylation sites is 1. The summed E-state index contributed by atoms with van der Waals surface area (Å²) in [5.74, 6) is -2.08. The summed E-state index contributed by atoms with van der Waals surface area (Å²) in [5, 5.41) is 5.81. The van der Waals surface area contributed by atoms with E-state index in [0.717, 1.165) is 12.1 Å². The van der Waals surface area contributed by atoms with Crippen LogP contribution in [0.1, 0.15) is 0 Å². The zero-order chi connectivity index (χ0) is 15.4. The molecular weight excluding hydrogens is 321 g/mol. The average Bonchev–Trinajstić information content (AvgIpc) is 2.41. The van der Waals surface area contributed by atoms with E-state index in [2.05, 4.69) is 10.6 Å². The molecule has 0 saturated carbocycles. The van der Waals surface area contributed by atoms with Crippen LogP contribution in [0.3, 0.4) is 0 Å². The van der Waals surface area contributed by atoms with Gasteiger partial charge in [-0.25, -0.2) is 8.78 Å². The quantitative estimate of drug-likeness (QED) is 0.876. The molecule has 0 saturated heterocycles. The summed E-state index contributed by atoms with van der Waals surface area (Å²) in [5.41, 5.74) is 0.309. The number of benzene rings is 2. The zero-order valence-corrected chi connectivity index (χ0v) is 12.1. The fraction of sp³-hybridized carbons (Fsp3) is 0.0714. The van der Waals surface area contributed by atoms with Crippen LogP contribution in [0.2, 0.25) is 10.0 Å². The molecule has 0 bridgehead atoms. The molecule has 7 heteroatoms. The average molecular weight is 331 g/mol. The SMILES string of the molecule is O=C(CNc1c(Cl)cccc1Cl)Nc1ccc(F)cc1F. The largest absolute Gasteiger partial charge is 0.374 e. The monoisotopic (exact) mass is 330 g/mol. The minimum absolute atomic E-state index is 0.103. The van der Waals surface area contributed by atoms with Crippen LogP contribution in [0.15, 0.2) is 36.4 Å². The first kappa shape index (κ1) is 15.5. The Bertz CT molecular complexity index is 660. The van der Waals surface area contributed by atoms with Gasteiger partial charge in [0.1, 0.15) is 11.6 Å². The number of amides is 1. The summed E-state index contributed by atoms with van der Waals surface area (Å²) >= 11 is 11.9. The van der Waals surface area contributed by atoms with Gasteiger partial charge in [0.2, 0.25) is 5.91 Å². The van der Waals surface area contributed by atoms with Gasteiger partial charge in [-0.15, -0.1) is 0 Å². The number of nitrogens with one attached hydrogen (secondary N) is 2. The first-order valence-corrected chi connectivity index (χ1v) is 6.66. The van der Waals surface area contributed by atoms with Gasteiger partial charge in [0.25, 0.3) is 0 Å². The van der Waals surface area contributed by atoms with Crippen molar-refractivity contribution in [3.8, 4) is 0 Å². The fourth-order valence-corrected chi connectivity index (χ4v) is 2.15. The Labute approximate surface area is 129 Å². The second-order valence-corrected chi connectivity index (χ2v) is 4.94. The number of anilines is 2. The lowest BCUT2D eigenvalue weighted by molar-refractivity contribution is -0.114. The van der Waals surface area contributed by atoms with Crippen molar-refractivity contribution in [1.82, 2.24) is 0 Å². The van der Waals surface area contributed by atoms with Crippen molar-refractivity contribution < 1.29 is 13.6 Å². The van der Waals surface area contributed by atoms with Gasteiger partial charge < -0.3 is 10.6 Å². The molecule has 0 atom stereocenters. The first-order chi connectivity index (χ1) is 9.97. The van der Waals surface area contributed by atoms with Crippen molar-refractivity contribution in [2.75, 3.05) is 17.2 Å². The number of halogens is 4. The topological polar surface area (TPSA) is 41.1 Å². The fourth-order valence-electron chi connectivity index (χ4n) is 1.62. The van der Waals surface area contributed by atoms with E-state index in [0.29, 0.717) is 21.8 Å². The van der Waals surface area contributed by atoms with Crippen LogP contribution in [-0.2, 0) is 4.79 Å². The van der Waals surface area contributed by atoms with E-state index in [9.17, 15) is 13.6 Å². The van der Waals surface area contributed by atoms with Gasteiger partial charge in [-0.2, -0.15) is 0 Å². The minimum Gasteiger partial charge on any atom is -0.374 e. The van der Waals surface area contributed by atoms with Gasteiger partial charge in [0, 0.05) is 6.07 Å². The van der Waals surface area contributed by atoms with Crippen molar-refractivity contribution >= 4 is 40.5 Å². The smallest absolute Gasteiger partial charge is 0.243 e. The second kappa shape index (κ2) is 6.74. The van der Waals surface area contributed by atoms with Crippen molar-refractivity contribution in [3.63, 3.8) is 0 Å². The van der Waals surface area contributed by atoms with E-state index in [1.807, 2.05) is 0 Å². The number of rotatable bonds is 4. The Balaban J connectivity index is 1.99. The van der Waals surface area contributed by atoms with Gasteiger partial charge in [-0.3, -0.25) is 4.79 Å². The van der Waals surface area contributed by atoms with Gasteiger partial charge in [-0.05, 0) is 24.3 Å². The summed E-state index contributed by atoms with van der Waals surface area (Å²) in [6.07, 6.45) is 0. The summed E-state index contributed by atoms with van der Waals surface area (Å²) in [4.78, 5) is 11.7. The normalized spacial score (nSPS) is 10.3. The van der Waals surface area contributed by atoms with Crippen LogP contribution in [0, 0.1) is 11.6 Å². The molecular formula is C14H10Cl2F2N2O. The molecule has 2 N–H and O–H groups in total. The third-order valence-corrected chi connectivity index (χ3v) is 3.22. The lowest BCUT2D eigenvalue weighted by Gasteiger charge is -2.11. The van der Waals surface area contributed by atoms with E-state index < -0.39 is 17.5 Å². The molecule has 0 aliphatic heterocycles. The molecule has 0 heterocycles. The maximum Gasteiger partial charge on any atom is 0.243 e. The number of hydrogen-bond donors (Lipinski definition) is 2. The Kier molecular flexibility index (Phi) is 4.98. The molecule has 2 rings (SSSR count). The van der Waals surface area contributed by atoms with E-state index in [1.165, 1.54) is 0 Å². The number of carbonyl (C=O) groups is 1. The van der Waals surface area contributed by atoms with Crippen LogP contribution in [-0.4, -0.2) is 12.5 Å². The standard InChI is InChI=1S/C14H10Cl2F2N2O/c15-9-2-1-3-10(16)14(9)19-7-13(21)20-12-5-4-8(17)6-11(12)18/h1-6,19H,7H2,(H,20,21). The molecule has 1 amide bonds. The van der Waals surface area contributed by atoms with Crippen molar-refractivity contribution in [2.45, 2.75) is 0 Å². The highest BCUT2D eigenvalue weighted by Crippen LogP contribution is 2.29. The van der Waals surface area contributed by atoms with Crippen molar-refractivity contribution in [3.05, 3.63) is 58.1 Å². The molecule has 3 nitrogen and oxygen atoms in total. The lowest BCUT2D eigenvalue weighted by Crippen LogP contribution is -2.22. The molecule has 0 fully saturated rings. The van der Waals surface area contributed by atoms with Crippen molar-refractivity contribution in [1.29, 1.82) is 0 Å². The highest BCUT2D eigenvalue weighted by Gasteiger charge is 2.10. The molecule has 2 aromatic rings. The second-order valence-electron chi connectivity index (χ2n) is 4.12. The maximum atomic E-state index is 13.4. The van der Waals surface area contributed by atoms with Crippen LogP contribution >= 0.6 is 23.2 Å². The highest BCUT2D eigenvalue weighted by molar-refractivity contribution is 6.39. The van der Waals surface area contributed by atoms with Crippen LogP contribution in [0.4, 0.5) is 20.2 Å². The summed E-state index contributed by atoms with van der Waals surface area (Å²) in [7, 11) is 0. The Morgan fingerprint density at radius 3 is 2.38 bits per heavy atom. The molecule has 0 radical (unpaired) electrons. The van der Waals surface area contributed by atoms with Gasteiger partial charge in [0.15, 0.2) is 0 Å². The highest BCUT2D eigenvalue weighted by atomic mass is 35.5. The third-order valence-electron chi connectivity index (χ3n) is 2.59. The molecule has 21 heavy (non-hydrogen) atoms. The van der Waals surface area contributed by atoms with E-state index in [4.69, 9.17) is 23.2 Å². The van der Waals surface area contributed by atoms with E-state index in [-0.39, 0.29) is 12.2 Å². The first-order valence-electron chi connectivity index (χ1n) is 5.90. The Morgan fingerprint density at radius 2 is 1.76 bits per heavy atom. The molecule has 110 valence electrons. The molecule has 0 aliphatic rings. The van der Waals surface area contributed by atoms with Crippen molar-refractivity contribution in [2.24, 2.45) is 0 Å². The third kappa shape index (κ3) is 4.06. The van der Waals surface area contributed by atoms with E-state index in [1.54, 1.807) is 18.2 Å². The minimum atomic E-state index is -0.848. The lowest BCUT2D eigenvalue weighted by atomic mass is 10.3. The van der Waals surface area contributed by atoms with Crippen LogP contribution in [0.25, 0.3) is 0 Å². The molecule has 0 aliphatic carbocycles. The van der Waals surface area contributed by atoms with Crippen LogP contribution < -0.4 is 10.6 Å². The van der Waals surface area contributed by atoms with Gasteiger partial charge in [-0.1, -0.05) is 29.3 Å². The number of carbonyl (C=O) groups excluding carboxylic acids is 1.